The summed E-state index contributed by atoms with van der Waals surface area (Å²) in [5.41, 5.74) is 7.12. The molecule has 2 atom stereocenters. The molecule has 2 N–H and O–H groups in total. The average molecular weight is 279 g/mol. The molecular weight excluding hydrogens is 254 g/mol. The molecule has 0 radical (unpaired) electrons. The Hall–Kier alpha value is -1.20. The summed E-state index contributed by atoms with van der Waals surface area (Å²) in [6.45, 7) is 2.67. The zero-order valence-electron chi connectivity index (χ0n) is 12.4. The molecule has 0 aromatic carbocycles. The van der Waals surface area contributed by atoms with Crippen molar-refractivity contribution < 1.29 is 9.47 Å². The Morgan fingerprint density at radius 1 is 1.25 bits per heavy atom. The molecule has 1 aliphatic rings. The Bertz CT molecular complexity index is 408. The highest BCUT2D eigenvalue weighted by Crippen LogP contribution is 2.34. The fourth-order valence-corrected chi connectivity index (χ4v) is 3.07. The Morgan fingerprint density at radius 2 is 1.95 bits per heavy atom. The van der Waals surface area contributed by atoms with Crippen molar-refractivity contribution in [1.29, 1.82) is 0 Å². The molecule has 0 amide bonds. The molecule has 5 heteroatoms. The number of nitrogens with two attached hydrogens (primary N) is 1. The van der Waals surface area contributed by atoms with Crippen molar-refractivity contribution in [2.24, 2.45) is 11.7 Å². The first-order valence-electron chi connectivity index (χ1n) is 7.50. The maximum absolute atomic E-state index is 6.43. The van der Waals surface area contributed by atoms with Gasteiger partial charge < -0.3 is 15.2 Å². The standard InChI is InChI=1S/C15H25N3O2/c1-3-20-14(11-7-5-4-6-8-11)12(16)13-15(19-2)18-10-9-17-13/h9-12,14H,3-8,16H2,1-2H3. The van der Waals surface area contributed by atoms with Gasteiger partial charge in [-0.05, 0) is 25.7 Å². The predicted octanol–water partition coefficient (Wildman–Crippen LogP) is 2.47. The van der Waals surface area contributed by atoms with Crippen molar-refractivity contribution in [3.05, 3.63) is 18.1 Å². The number of methoxy groups -OCH3 is 1. The van der Waals surface area contributed by atoms with Crippen LogP contribution in [-0.4, -0.2) is 29.8 Å². The van der Waals surface area contributed by atoms with Crippen LogP contribution in [0.25, 0.3) is 0 Å². The van der Waals surface area contributed by atoms with E-state index in [1.807, 2.05) is 6.92 Å². The molecular formula is C15H25N3O2. The van der Waals surface area contributed by atoms with Crippen molar-refractivity contribution in [2.75, 3.05) is 13.7 Å². The number of nitrogens with zero attached hydrogens (tertiary/aromatic N) is 2. The molecule has 0 saturated heterocycles. The van der Waals surface area contributed by atoms with Gasteiger partial charge in [-0.15, -0.1) is 0 Å². The Labute approximate surface area is 120 Å². The van der Waals surface area contributed by atoms with Crippen molar-refractivity contribution >= 4 is 0 Å². The minimum absolute atomic E-state index is 0.00843. The van der Waals surface area contributed by atoms with Crippen molar-refractivity contribution in [3.63, 3.8) is 0 Å². The monoisotopic (exact) mass is 279 g/mol. The van der Waals surface area contributed by atoms with Crippen LogP contribution < -0.4 is 10.5 Å². The number of aromatic nitrogens is 2. The van der Waals surface area contributed by atoms with E-state index >= 15 is 0 Å². The molecule has 1 fully saturated rings. The van der Waals surface area contributed by atoms with Crippen LogP contribution in [0.15, 0.2) is 12.4 Å². The third-order valence-corrected chi connectivity index (χ3v) is 4.03. The fraction of sp³-hybridized carbons (Fsp3) is 0.733. The van der Waals surface area contributed by atoms with Gasteiger partial charge in [0, 0.05) is 19.0 Å². The molecule has 1 saturated carbocycles. The van der Waals surface area contributed by atoms with Gasteiger partial charge in [0.25, 0.3) is 0 Å². The van der Waals surface area contributed by atoms with Crippen LogP contribution in [0, 0.1) is 5.92 Å². The van der Waals surface area contributed by atoms with Crippen LogP contribution in [0.1, 0.15) is 50.8 Å². The first kappa shape index (κ1) is 15.2. The summed E-state index contributed by atoms with van der Waals surface area (Å²) in [6, 6.07) is -0.290. The molecule has 1 aromatic rings. The van der Waals surface area contributed by atoms with E-state index in [2.05, 4.69) is 9.97 Å². The van der Waals surface area contributed by atoms with Gasteiger partial charge in [-0.3, -0.25) is 4.98 Å². The van der Waals surface area contributed by atoms with Gasteiger partial charge in [0.2, 0.25) is 5.88 Å². The highest BCUT2D eigenvalue weighted by atomic mass is 16.5. The minimum atomic E-state index is -0.290. The van der Waals surface area contributed by atoms with Crippen molar-refractivity contribution in [3.8, 4) is 5.88 Å². The molecule has 20 heavy (non-hydrogen) atoms. The lowest BCUT2D eigenvalue weighted by molar-refractivity contribution is -0.0112. The number of ether oxygens (including phenoxy) is 2. The van der Waals surface area contributed by atoms with Crippen molar-refractivity contribution in [2.45, 2.75) is 51.2 Å². The van der Waals surface area contributed by atoms with E-state index in [0.717, 1.165) is 0 Å². The second kappa shape index (κ2) is 7.55. The topological polar surface area (TPSA) is 70.3 Å². The summed E-state index contributed by atoms with van der Waals surface area (Å²) < 4.78 is 11.2. The summed E-state index contributed by atoms with van der Waals surface area (Å²) in [6.07, 6.45) is 9.47. The van der Waals surface area contributed by atoms with E-state index < -0.39 is 0 Å². The zero-order chi connectivity index (χ0) is 14.4. The van der Waals surface area contributed by atoms with Crippen LogP contribution >= 0.6 is 0 Å². The van der Waals surface area contributed by atoms with Crippen LogP contribution in [0.5, 0.6) is 5.88 Å². The van der Waals surface area contributed by atoms with Crippen LogP contribution in [0.2, 0.25) is 0 Å². The molecule has 0 aliphatic heterocycles. The zero-order valence-corrected chi connectivity index (χ0v) is 12.4. The summed E-state index contributed by atoms with van der Waals surface area (Å²) in [5.74, 6) is 1.01. The largest absolute Gasteiger partial charge is 0.480 e. The second-order valence-corrected chi connectivity index (χ2v) is 5.29. The predicted molar refractivity (Wildman–Crippen MR) is 77.5 cm³/mol. The third-order valence-electron chi connectivity index (χ3n) is 4.03. The van der Waals surface area contributed by atoms with Crippen molar-refractivity contribution in [1.82, 2.24) is 9.97 Å². The molecule has 0 bridgehead atoms. The second-order valence-electron chi connectivity index (χ2n) is 5.29. The molecule has 1 heterocycles. The first-order valence-corrected chi connectivity index (χ1v) is 7.50. The SMILES string of the molecule is CCOC(C1CCCCC1)C(N)c1nccnc1OC. The normalized spacial score (nSPS) is 19.6. The molecule has 2 rings (SSSR count). The summed E-state index contributed by atoms with van der Waals surface area (Å²) in [7, 11) is 1.59. The number of hydrogen-bond acceptors (Lipinski definition) is 5. The Morgan fingerprint density at radius 3 is 2.60 bits per heavy atom. The number of rotatable bonds is 6. The average Bonchev–Trinajstić information content (AvgIpc) is 2.52. The third kappa shape index (κ3) is 3.46. The van der Waals surface area contributed by atoms with E-state index in [1.54, 1.807) is 19.5 Å². The van der Waals surface area contributed by atoms with Crippen LogP contribution in [0.4, 0.5) is 0 Å². The summed E-state index contributed by atoms with van der Waals surface area (Å²) >= 11 is 0. The van der Waals surface area contributed by atoms with Crippen LogP contribution in [-0.2, 0) is 4.74 Å². The quantitative estimate of drug-likeness (QED) is 0.866. The van der Waals surface area contributed by atoms with Gasteiger partial charge in [-0.25, -0.2) is 4.98 Å². The van der Waals surface area contributed by atoms with E-state index in [0.29, 0.717) is 24.1 Å². The minimum Gasteiger partial charge on any atom is -0.480 e. The maximum atomic E-state index is 6.43. The molecule has 1 aromatic heterocycles. The summed E-state index contributed by atoms with van der Waals surface area (Å²) in [4.78, 5) is 8.54. The Kier molecular flexibility index (Phi) is 5.73. The lowest BCUT2D eigenvalue weighted by Gasteiger charge is -2.33. The smallest absolute Gasteiger partial charge is 0.237 e. The lowest BCUT2D eigenvalue weighted by Crippen LogP contribution is -2.37. The molecule has 0 spiro atoms. The van der Waals surface area contributed by atoms with E-state index in [-0.39, 0.29) is 12.1 Å². The highest BCUT2D eigenvalue weighted by molar-refractivity contribution is 5.22. The molecule has 5 nitrogen and oxygen atoms in total. The number of hydrogen-bond donors (Lipinski definition) is 1. The first-order chi connectivity index (χ1) is 9.77. The van der Waals surface area contributed by atoms with E-state index in [9.17, 15) is 0 Å². The van der Waals surface area contributed by atoms with Gasteiger partial charge >= 0.3 is 0 Å². The molecule has 112 valence electrons. The van der Waals surface area contributed by atoms with Gasteiger partial charge in [-0.1, -0.05) is 19.3 Å². The van der Waals surface area contributed by atoms with Gasteiger partial charge in [0.1, 0.15) is 5.69 Å². The summed E-state index contributed by atoms with van der Waals surface area (Å²) in [5, 5.41) is 0. The Balaban J connectivity index is 2.18. The van der Waals surface area contributed by atoms with E-state index in [1.165, 1.54) is 32.1 Å². The van der Waals surface area contributed by atoms with Gasteiger partial charge in [0.15, 0.2) is 0 Å². The lowest BCUT2D eigenvalue weighted by atomic mass is 9.82. The highest BCUT2D eigenvalue weighted by Gasteiger charge is 2.32. The van der Waals surface area contributed by atoms with Crippen LogP contribution in [0.3, 0.4) is 0 Å². The van der Waals surface area contributed by atoms with Gasteiger partial charge in [-0.2, -0.15) is 0 Å². The molecule has 1 aliphatic carbocycles. The van der Waals surface area contributed by atoms with E-state index in [4.69, 9.17) is 15.2 Å². The molecule has 2 unspecified atom stereocenters. The maximum Gasteiger partial charge on any atom is 0.237 e. The van der Waals surface area contributed by atoms with Gasteiger partial charge in [0.05, 0.1) is 19.3 Å². The fourth-order valence-electron chi connectivity index (χ4n) is 3.07.